The molecule has 1 fully saturated rings. The lowest BCUT2D eigenvalue weighted by molar-refractivity contribution is 0.414. The van der Waals surface area contributed by atoms with Crippen LogP contribution in [-0.4, -0.2) is 53.1 Å². The van der Waals surface area contributed by atoms with Gasteiger partial charge in [-0.05, 0) is 24.1 Å². The molecule has 0 unspecified atom stereocenters. The van der Waals surface area contributed by atoms with Gasteiger partial charge in [-0.15, -0.1) is 10.2 Å². The predicted octanol–water partition coefficient (Wildman–Crippen LogP) is 2.58. The summed E-state index contributed by atoms with van der Waals surface area (Å²) < 4.78 is 7.14. The SMILES string of the molecule is COc1cccc(N2CCN(c3cc(C(C)C)nn4cnnc34)CC2)c1. The summed E-state index contributed by atoms with van der Waals surface area (Å²) in [5.74, 6) is 1.25. The summed E-state index contributed by atoms with van der Waals surface area (Å²) in [4.78, 5) is 4.78. The molecule has 1 saturated heterocycles. The largest absolute Gasteiger partial charge is 0.497 e. The number of methoxy groups -OCH3 is 1. The van der Waals surface area contributed by atoms with Crippen molar-refractivity contribution >= 4 is 17.0 Å². The Balaban J connectivity index is 1.56. The third kappa shape index (κ3) is 3.05. The number of piperazine rings is 1. The molecule has 1 aliphatic heterocycles. The summed E-state index contributed by atoms with van der Waals surface area (Å²) in [5.41, 5.74) is 4.20. The third-order valence-electron chi connectivity index (χ3n) is 4.90. The first-order valence-electron chi connectivity index (χ1n) is 9.00. The van der Waals surface area contributed by atoms with E-state index >= 15 is 0 Å². The first-order valence-corrected chi connectivity index (χ1v) is 9.00. The molecule has 7 nitrogen and oxygen atoms in total. The van der Waals surface area contributed by atoms with Gasteiger partial charge in [-0.3, -0.25) is 0 Å². The van der Waals surface area contributed by atoms with Gasteiger partial charge in [0.15, 0.2) is 0 Å². The summed E-state index contributed by atoms with van der Waals surface area (Å²) in [7, 11) is 1.70. The van der Waals surface area contributed by atoms with Gasteiger partial charge in [-0.1, -0.05) is 19.9 Å². The van der Waals surface area contributed by atoms with Crippen molar-refractivity contribution in [2.24, 2.45) is 0 Å². The van der Waals surface area contributed by atoms with Crippen molar-refractivity contribution in [2.45, 2.75) is 19.8 Å². The minimum absolute atomic E-state index is 0.360. The maximum atomic E-state index is 5.35. The lowest BCUT2D eigenvalue weighted by Crippen LogP contribution is -2.46. The van der Waals surface area contributed by atoms with Crippen LogP contribution in [0.4, 0.5) is 11.4 Å². The summed E-state index contributed by atoms with van der Waals surface area (Å²) in [5, 5.41) is 12.9. The van der Waals surface area contributed by atoms with Crippen LogP contribution in [0.5, 0.6) is 5.75 Å². The zero-order valence-electron chi connectivity index (χ0n) is 15.5. The number of hydrogen-bond acceptors (Lipinski definition) is 6. The van der Waals surface area contributed by atoms with Gasteiger partial charge in [0.25, 0.3) is 0 Å². The highest BCUT2D eigenvalue weighted by Crippen LogP contribution is 2.27. The van der Waals surface area contributed by atoms with Gasteiger partial charge in [-0.25, -0.2) is 0 Å². The van der Waals surface area contributed by atoms with E-state index in [0.717, 1.165) is 49.0 Å². The zero-order chi connectivity index (χ0) is 18.1. The fourth-order valence-corrected chi connectivity index (χ4v) is 3.36. The van der Waals surface area contributed by atoms with E-state index in [1.807, 2.05) is 12.1 Å². The molecule has 0 aliphatic carbocycles. The van der Waals surface area contributed by atoms with Gasteiger partial charge in [0, 0.05) is 37.9 Å². The molecule has 1 aromatic carbocycles. The number of ether oxygens (including phenoxy) is 1. The first-order chi connectivity index (χ1) is 12.7. The molecule has 0 spiro atoms. The van der Waals surface area contributed by atoms with E-state index in [1.165, 1.54) is 5.69 Å². The summed E-state index contributed by atoms with van der Waals surface area (Å²) >= 11 is 0. The number of rotatable bonds is 4. The highest BCUT2D eigenvalue weighted by molar-refractivity contribution is 5.69. The molecule has 0 amide bonds. The Labute approximate surface area is 153 Å². The second-order valence-electron chi connectivity index (χ2n) is 6.88. The number of hydrogen-bond donors (Lipinski definition) is 0. The maximum absolute atomic E-state index is 5.35. The minimum Gasteiger partial charge on any atom is -0.497 e. The van der Waals surface area contributed by atoms with Crippen molar-refractivity contribution in [3.8, 4) is 5.75 Å². The molecule has 26 heavy (non-hydrogen) atoms. The molecule has 2 aromatic heterocycles. The number of fused-ring (bicyclic) bond motifs is 1. The predicted molar refractivity (Wildman–Crippen MR) is 102 cm³/mol. The van der Waals surface area contributed by atoms with Crippen LogP contribution in [0, 0.1) is 0 Å². The van der Waals surface area contributed by atoms with Crippen molar-refractivity contribution in [3.05, 3.63) is 42.4 Å². The van der Waals surface area contributed by atoms with Crippen molar-refractivity contribution in [3.63, 3.8) is 0 Å². The maximum Gasteiger partial charge on any atom is 0.200 e. The second-order valence-corrected chi connectivity index (χ2v) is 6.88. The molecule has 0 bridgehead atoms. The molecule has 0 radical (unpaired) electrons. The van der Waals surface area contributed by atoms with Gasteiger partial charge in [0.05, 0.1) is 18.5 Å². The molecule has 0 N–H and O–H groups in total. The van der Waals surface area contributed by atoms with Crippen LogP contribution in [0.25, 0.3) is 5.65 Å². The van der Waals surface area contributed by atoms with E-state index in [4.69, 9.17) is 4.74 Å². The van der Waals surface area contributed by atoms with Gasteiger partial charge < -0.3 is 14.5 Å². The van der Waals surface area contributed by atoms with Crippen LogP contribution >= 0.6 is 0 Å². The van der Waals surface area contributed by atoms with Crippen molar-refractivity contribution < 1.29 is 4.74 Å². The average Bonchev–Trinajstić information content (AvgIpc) is 3.16. The normalized spacial score (nSPS) is 15.1. The molecule has 1 aliphatic rings. The van der Waals surface area contributed by atoms with E-state index in [0.29, 0.717) is 5.92 Å². The molecule has 3 heterocycles. The standard InChI is InChI=1S/C19H24N6O/c1-14(2)17-12-18(19-21-20-13-25(19)22-17)24-9-7-23(8-10-24)15-5-4-6-16(11-15)26-3/h4-6,11-14H,7-10H2,1-3H3. The molecule has 7 heteroatoms. The first kappa shape index (κ1) is 16.6. The van der Waals surface area contributed by atoms with Crippen molar-refractivity contribution in [1.29, 1.82) is 0 Å². The molecule has 0 atom stereocenters. The van der Waals surface area contributed by atoms with Gasteiger partial charge in [0.2, 0.25) is 5.65 Å². The highest BCUT2D eigenvalue weighted by atomic mass is 16.5. The molecular formula is C19H24N6O. The monoisotopic (exact) mass is 352 g/mol. The number of nitrogens with zero attached hydrogens (tertiary/aromatic N) is 6. The summed E-state index contributed by atoms with van der Waals surface area (Å²) in [6, 6.07) is 10.4. The van der Waals surface area contributed by atoms with Crippen LogP contribution < -0.4 is 14.5 Å². The zero-order valence-corrected chi connectivity index (χ0v) is 15.5. The van der Waals surface area contributed by atoms with Crippen LogP contribution in [-0.2, 0) is 0 Å². The summed E-state index contributed by atoms with van der Waals surface area (Å²) in [6.45, 7) is 8.08. The Bertz CT molecular complexity index is 898. The Morgan fingerprint density at radius 2 is 1.81 bits per heavy atom. The molecule has 4 rings (SSSR count). The number of aromatic nitrogens is 4. The smallest absolute Gasteiger partial charge is 0.200 e. The van der Waals surface area contributed by atoms with Crippen LogP contribution in [0.2, 0.25) is 0 Å². The van der Waals surface area contributed by atoms with E-state index in [9.17, 15) is 0 Å². The van der Waals surface area contributed by atoms with E-state index in [-0.39, 0.29) is 0 Å². The van der Waals surface area contributed by atoms with Crippen molar-refractivity contribution in [1.82, 2.24) is 19.8 Å². The molecule has 136 valence electrons. The van der Waals surface area contributed by atoms with E-state index in [1.54, 1.807) is 18.0 Å². The fraction of sp³-hybridized carbons (Fsp3) is 0.421. The number of benzene rings is 1. The quantitative estimate of drug-likeness (QED) is 0.719. The molecule has 3 aromatic rings. The van der Waals surface area contributed by atoms with E-state index in [2.05, 4.69) is 57.1 Å². The average molecular weight is 352 g/mol. The second kappa shape index (κ2) is 6.82. The Hall–Kier alpha value is -2.83. The summed E-state index contributed by atoms with van der Waals surface area (Å²) in [6.07, 6.45) is 1.68. The fourth-order valence-electron chi connectivity index (χ4n) is 3.36. The Morgan fingerprint density at radius 3 is 2.54 bits per heavy atom. The van der Waals surface area contributed by atoms with Gasteiger partial charge in [0.1, 0.15) is 12.1 Å². The lowest BCUT2D eigenvalue weighted by atomic mass is 10.1. The third-order valence-corrected chi connectivity index (χ3v) is 4.90. The topological polar surface area (TPSA) is 58.8 Å². The Morgan fingerprint density at radius 1 is 1.04 bits per heavy atom. The Kier molecular flexibility index (Phi) is 4.36. The molecular weight excluding hydrogens is 328 g/mol. The van der Waals surface area contributed by atoms with Gasteiger partial charge >= 0.3 is 0 Å². The molecule has 0 saturated carbocycles. The van der Waals surface area contributed by atoms with Crippen LogP contribution in [0.3, 0.4) is 0 Å². The van der Waals surface area contributed by atoms with Crippen LogP contribution in [0.1, 0.15) is 25.5 Å². The highest BCUT2D eigenvalue weighted by Gasteiger charge is 2.22. The van der Waals surface area contributed by atoms with Crippen LogP contribution in [0.15, 0.2) is 36.7 Å². The van der Waals surface area contributed by atoms with E-state index < -0.39 is 0 Å². The van der Waals surface area contributed by atoms with Gasteiger partial charge in [-0.2, -0.15) is 9.61 Å². The minimum atomic E-state index is 0.360. The number of anilines is 2. The van der Waals surface area contributed by atoms with Crippen molar-refractivity contribution in [2.75, 3.05) is 43.1 Å². The lowest BCUT2D eigenvalue weighted by Gasteiger charge is -2.37.